The fourth-order valence-corrected chi connectivity index (χ4v) is 2.99. The third kappa shape index (κ3) is 2.75. The average molecular weight is 395 g/mol. The van der Waals surface area contributed by atoms with Gasteiger partial charge in [0.25, 0.3) is 5.91 Å². The predicted molar refractivity (Wildman–Crippen MR) is 91.3 cm³/mol. The molecule has 0 atom stereocenters. The molecule has 3 rings (SSSR count). The molecule has 0 aliphatic rings. The first-order chi connectivity index (χ1) is 11.4. The number of nitrogens with one attached hydrogen (secondary N) is 1. The number of fused-ring (bicyclic) bond motifs is 1. The van der Waals surface area contributed by atoms with E-state index in [1.54, 1.807) is 22.8 Å². The molecule has 4 nitrogen and oxygen atoms in total. The Balaban J connectivity index is 2.09. The molecule has 124 valence electrons. The summed E-state index contributed by atoms with van der Waals surface area (Å²) in [6.07, 6.45) is 0. The van der Waals surface area contributed by atoms with Crippen molar-refractivity contribution in [3.63, 3.8) is 0 Å². The van der Waals surface area contributed by atoms with Crippen LogP contribution in [0.1, 0.15) is 17.3 Å². The van der Waals surface area contributed by atoms with E-state index < -0.39 is 17.5 Å². The molecule has 0 fully saturated rings. The largest absolute Gasteiger partial charge is 0.494 e. The second kappa shape index (κ2) is 6.24. The maximum Gasteiger partial charge on any atom is 0.261 e. The predicted octanol–water partition coefficient (Wildman–Crippen LogP) is 4.66. The van der Waals surface area contributed by atoms with Crippen LogP contribution in [0.5, 0.6) is 5.88 Å². The second-order valence-corrected chi connectivity index (χ2v) is 6.10. The molecule has 0 bridgehead atoms. The lowest BCUT2D eigenvalue weighted by Gasteiger charge is -2.07. The van der Waals surface area contributed by atoms with Gasteiger partial charge >= 0.3 is 0 Å². The molecule has 0 radical (unpaired) electrons. The Bertz CT molecular complexity index is 953. The van der Waals surface area contributed by atoms with Gasteiger partial charge in [-0.25, -0.2) is 8.78 Å². The summed E-state index contributed by atoms with van der Waals surface area (Å²) < 4.78 is 29.0. The summed E-state index contributed by atoms with van der Waals surface area (Å²) >= 11 is 3.33. The zero-order valence-corrected chi connectivity index (χ0v) is 14.2. The lowest BCUT2D eigenvalue weighted by molar-refractivity contribution is 0.102. The van der Waals surface area contributed by atoms with E-state index in [9.17, 15) is 18.7 Å². The third-order valence-electron chi connectivity index (χ3n) is 3.72. The Morgan fingerprint density at radius 1 is 1.25 bits per heavy atom. The fraction of sp³-hybridized carbons (Fsp3) is 0.118. The van der Waals surface area contributed by atoms with Gasteiger partial charge in [0.05, 0.1) is 11.2 Å². The highest BCUT2D eigenvalue weighted by molar-refractivity contribution is 9.10. The first-order valence-electron chi connectivity index (χ1n) is 7.19. The van der Waals surface area contributed by atoms with Gasteiger partial charge in [-0.15, -0.1) is 0 Å². The molecule has 1 amide bonds. The van der Waals surface area contributed by atoms with E-state index in [-0.39, 0.29) is 17.1 Å². The highest BCUT2D eigenvalue weighted by Gasteiger charge is 2.23. The Kier molecular flexibility index (Phi) is 4.28. The Hall–Kier alpha value is -2.41. The minimum atomic E-state index is -0.886. The number of aromatic hydroxyl groups is 1. The van der Waals surface area contributed by atoms with Gasteiger partial charge in [-0.05, 0) is 37.3 Å². The quantitative estimate of drug-likeness (QED) is 0.678. The maximum atomic E-state index is 13.7. The lowest BCUT2D eigenvalue weighted by atomic mass is 10.1. The number of benzene rings is 2. The number of hydrogen-bond donors (Lipinski definition) is 2. The van der Waals surface area contributed by atoms with Crippen LogP contribution in [-0.2, 0) is 6.54 Å². The molecule has 0 saturated heterocycles. The number of aromatic nitrogens is 1. The van der Waals surface area contributed by atoms with Crippen LogP contribution >= 0.6 is 15.9 Å². The number of hydrogen-bond acceptors (Lipinski definition) is 2. The zero-order valence-electron chi connectivity index (χ0n) is 12.6. The Morgan fingerprint density at radius 2 is 2.00 bits per heavy atom. The SMILES string of the molecule is CCn1c(O)c(C(=O)Nc2ccc(F)cc2F)c2cc(Br)ccc21. The van der Waals surface area contributed by atoms with Crippen molar-refractivity contribution in [2.45, 2.75) is 13.5 Å². The van der Waals surface area contributed by atoms with Gasteiger partial charge in [0, 0.05) is 22.5 Å². The van der Waals surface area contributed by atoms with Crippen LogP contribution in [0.2, 0.25) is 0 Å². The molecular formula is C17H13BrF2N2O2. The van der Waals surface area contributed by atoms with Gasteiger partial charge in [-0.1, -0.05) is 15.9 Å². The van der Waals surface area contributed by atoms with Gasteiger partial charge in [-0.2, -0.15) is 0 Å². The van der Waals surface area contributed by atoms with E-state index in [0.717, 1.165) is 16.6 Å². The van der Waals surface area contributed by atoms with Crippen LogP contribution in [0.4, 0.5) is 14.5 Å². The fourth-order valence-electron chi connectivity index (χ4n) is 2.63. The van der Waals surface area contributed by atoms with E-state index in [1.165, 1.54) is 0 Å². The Labute approximate surface area is 144 Å². The molecule has 1 heterocycles. The minimum absolute atomic E-state index is 0.0388. The second-order valence-electron chi connectivity index (χ2n) is 5.18. The number of rotatable bonds is 3. The van der Waals surface area contributed by atoms with Crippen molar-refractivity contribution in [2.75, 3.05) is 5.32 Å². The minimum Gasteiger partial charge on any atom is -0.494 e. The summed E-state index contributed by atoms with van der Waals surface area (Å²) in [5.41, 5.74) is 0.563. The van der Waals surface area contributed by atoms with Crippen molar-refractivity contribution >= 4 is 38.4 Å². The highest BCUT2D eigenvalue weighted by atomic mass is 79.9. The van der Waals surface area contributed by atoms with Crippen molar-refractivity contribution < 1.29 is 18.7 Å². The molecule has 0 aliphatic carbocycles. The summed E-state index contributed by atoms with van der Waals surface area (Å²) in [6, 6.07) is 8.14. The Morgan fingerprint density at radius 3 is 2.67 bits per heavy atom. The average Bonchev–Trinajstić information content (AvgIpc) is 2.80. The summed E-state index contributed by atoms with van der Waals surface area (Å²) in [4.78, 5) is 12.6. The van der Waals surface area contributed by atoms with E-state index in [1.807, 2.05) is 6.92 Å². The molecule has 2 N–H and O–H groups in total. The van der Waals surface area contributed by atoms with Crippen molar-refractivity contribution in [1.82, 2.24) is 4.57 Å². The molecule has 24 heavy (non-hydrogen) atoms. The van der Waals surface area contributed by atoms with E-state index in [4.69, 9.17) is 0 Å². The molecule has 2 aromatic carbocycles. The number of nitrogens with zero attached hydrogens (tertiary/aromatic N) is 1. The van der Waals surface area contributed by atoms with Crippen LogP contribution in [0.3, 0.4) is 0 Å². The van der Waals surface area contributed by atoms with Crippen molar-refractivity contribution in [3.05, 3.63) is 58.1 Å². The van der Waals surface area contributed by atoms with Gasteiger partial charge in [0.2, 0.25) is 5.88 Å². The lowest BCUT2D eigenvalue weighted by Crippen LogP contribution is -2.13. The summed E-state index contributed by atoms with van der Waals surface area (Å²) in [5.74, 6) is -2.50. The van der Waals surface area contributed by atoms with Crippen LogP contribution in [0, 0.1) is 11.6 Å². The summed E-state index contributed by atoms with van der Waals surface area (Å²) in [5, 5.41) is 13.3. The highest BCUT2D eigenvalue weighted by Crippen LogP contribution is 2.34. The maximum absolute atomic E-state index is 13.7. The van der Waals surface area contributed by atoms with Gasteiger partial charge in [-0.3, -0.25) is 4.79 Å². The standard InChI is InChI=1S/C17H13BrF2N2O2/c1-2-22-14-6-3-9(18)7-11(14)15(17(22)24)16(23)21-13-5-4-10(19)8-12(13)20/h3-8,24H,2H2,1H3,(H,21,23). The zero-order chi connectivity index (χ0) is 17.4. The van der Waals surface area contributed by atoms with Crippen LogP contribution in [0.25, 0.3) is 10.9 Å². The smallest absolute Gasteiger partial charge is 0.261 e. The number of halogens is 3. The molecule has 1 aromatic heterocycles. The molecule has 0 unspecified atom stereocenters. The van der Waals surface area contributed by atoms with Crippen molar-refractivity contribution in [1.29, 1.82) is 0 Å². The molecule has 3 aromatic rings. The summed E-state index contributed by atoms with van der Waals surface area (Å²) in [7, 11) is 0. The molecule has 7 heteroatoms. The van der Waals surface area contributed by atoms with Crippen molar-refractivity contribution in [2.24, 2.45) is 0 Å². The third-order valence-corrected chi connectivity index (χ3v) is 4.21. The molecule has 0 aliphatic heterocycles. The monoisotopic (exact) mass is 394 g/mol. The van der Waals surface area contributed by atoms with Crippen molar-refractivity contribution in [3.8, 4) is 5.88 Å². The first-order valence-corrected chi connectivity index (χ1v) is 7.98. The molecular weight excluding hydrogens is 382 g/mol. The summed E-state index contributed by atoms with van der Waals surface area (Å²) in [6.45, 7) is 2.30. The van der Waals surface area contributed by atoms with E-state index in [2.05, 4.69) is 21.2 Å². The van der Waals surface area contributed by atoms with Crippen LogP contribution < -0.4 is 5.32 Å². The van der Waals surface area contributed by atoms with Crippen LogP contribution in [-0.4, -0.2) is 15.6 Å². The number of carbonyl (C=O) groups is 1. The molecule has 0 saturated carbocycles. The van der Waals surface area contributed by atoms with Crippen LogP contribution in [0.15, 0.2) is 40.9 Å². The number of amides is 1. The number of carbonyl (C=O) groups excluding carboxylic acids is 1. The van der Waals surface area contributed by atoms with Gasteiger partial charge in [0.15, 0.2) is 0 Å². The van der Waals surface area contributed by atoms with Gasteiger partial charge in [0.1, 0.15) is 17.2 Å². The normalized spacial score (nSPS) is 11.0. The van der Waals surface area contributed by atoms with E-state index in [0.29, 0.717) is 23.5 Å². The van der Waals surface area contributed by atoms with E-state index >= 15 is 0 Å². The molecule has 0 spiro atoms. The van der Waals surface area contributed by atoms with Gasteiger partial charge < -0.3 is 15.0 Å². The number of aryl methyl sites for hydroxylation is 1. The first kappa shape index (κ1) is 16.4. The topological polar surface area (TPSA) is 54.3 Å². The number of anilines is 1.